The van der Waals surface area contributed by atoms with Gasteiger partial charge < -0.3 is 10.2 Å². The molecule has 0 spiro atoms. The van der Waals surface area contributed by atoms with Gasteiger partial charge in [0.1, 0.15) is 0 Å². The van der Waals surface area contributed by atoms with E-state index < -0.39 is 0 Å². The lowest BCUT2D eigenvalue weighted by atomic mass is 9.85. The summed E-state index contributed by atoms with van der Waals surface area (Å²) >= 11 is 0. The first-order valence-electron chi connectivity index (χ1n) is 7.77. The van der Waals surface area contributed by atoms with Gasteiger partial charge in [0.05, 0.1) is 5.69 Å². The second-order valence-electron chi connectivity index (χ2n) is 6.19. The molecule has 3 unspecified atom stereocenters. The Labute approximate surface area is 124 Å². The highest BCUT2D eigenvalue weighted by Gasteiger charge is 2.34. The molecule has 20 heavy (non-hydrogen) atoms. The van der Waals surface area contributed by atoms with E-state index in [-0.39, 0.29) is 5.54 Å². The maximum atomic E-state index is 4.73. The second-order valence-corrected chi connectivity index (χ2v) is 6.19. The van der Waals surface area contributed by atoms with Gasteiger partial charge >= 0.3 is 0 Å². The quantitative estimate of drug-likeness (QED) is 0.795. The van der Waals surface area contributed by atoms with Crippen LogP contribution in [-0.2, 0) is 6.42 Å². The minimum Gasteiger partial charge on any atom is -0.315 e. The normalized spacial score (nSPS) is 18.0. The molecule has 0 aliphatic rings. The van der Waals surface area contributed by atoms with Crippen LogP contribution in [0.25, 0.3) is 0 Å². The summed E-state index contributed by atoms with van der Waals surface area (Å²) in [4.78, 5) is 2.32. The summed E-state index contributed by atoms with van der Waals surface area (Å²) in [7, 11) is 6.37. The van der Waals surface area contributed by atoms with Crippen LogP contribution in [0.4, 0.5) is 0 Å². The molecule has 0 aliphatic carbocycles. The molecule has 0 saturated carbocycles. The van der Waals surface area contributed by atoms with Gasteiger partial charge in [-0.05, 0) is 53.9 Å². The van der Waals surface area contributed by atoms with Crippen molar-refractivity contribution in [3.05, 3.63) is 18.0 Å². The van der Waals surface area contributed by atoms with Gasteiger partial charge in [0.15, 0.2) is 0 Å². The van der Waals surface area contributed by atoms with Crippen LogP contribution in [0.2, 0.25) is 0 Å². The van der Waals surface area contributed by atoms with Crippen LogP contribution in [-0.4, -0.2) is 47.4 Å². The van der Waals surface area contributed by atoms with Crippen LogP contribution in [0, 0.1) is 0 Å². The van der Waals surface area contributed by atoms with E-state index in [1.54, 1.807) is 0 Å². The Morgan fingerprint density at radius 2 is 2.05 bits per heavy atom. The Balaban J connectivity index is 2.85. The lowest BCUT2D eigenvalue weighted by Crippen LogP contribution is -2.57. The standard InChI is InChI=1S/C16H32N4/c1-8-13(3)20-11-10-14(18-20)12-15(17-5)16(4,9-2)19(6)7/h10-11,13,15,17H,8-9,12H2,1-7H3. The molecule has 4 nitrogen and oxygen atoms in total. The molecular formula is C16H32N4. The lowest BCUT2D eigenvalue weighted by molar-refractivity contribution is 0.116. The average molecular weight is 280 g/mol. The molecule has 116 valence electrons. The molecule has 3 atom stereocenters. The molecule has 0 saturated heterocycles. The topological polar surface area (TPSA) is 33.1 Å². The zero-order valence-corrected chi connectivity index (χ0v) is 14.3. The zero-order chi connectivity index (χ0) is 15.3. The van der Waals surface area contributed by atoms with E-state index in [0.29, 0.717) is 12.1 Å². The molecule has 1 N–H and O–H groups in total. The summed E-state index contributed by atoms with van der Waals surface area (Å²) in [6, 6.07) is 3.02. The molecule has 0 amide bonds. The second kappa shape index (κ2) is 7.23. The van der Waals surface area contributed by atoms with Crippen LogP contribution >= 0.6 is 0 Å². The Kier molecular flexibility index (Phi) is 6.21. The van der Waals surface area contributed by atoms with E-state index in [4.69, 9.17) is 5.10 Å². The third kappa shape index (κ3) is 3.61. The summed E-state index contributed by atoms with van der Waals surface area (Å²) in [6.45, 7) is 8.98. The summed E-state index contributed by atoms with van der Waals surface area (Å²) in [6.07, 6.45) is 5.29. The van der Waals surface area contributed by atoms with Crippen LogP contribution in [0.1, 0.15) is 52.3 Å². The van der Waals surface area contributed by atoms with Gasteiger partial charge in [-0.25, -0.2) is 0 Å². The number of aromatic nitrogens is 2. The minimum absolute atomic E-state index is 0.134. The number of rotatable bonds is 8. The molecule has 0 aromatic carbocycles. The maximum absolute atomic E-state index is 4.73. The van der Waals surface area contributed by atoms with Crippen molar-refractivity contribution in [1.82, 2.24) is 20.0 Å². The van der Waals surface area contributed by atoms with E-state index in [2.05, 4.69) is 69.0 Å². The number of nitrogens with zero attached hydrogens (tertiary/aromatic N) is 3. The van der Waals surface area contributed by atoms with Crippen molar-refractivity contribution < 1.29 is 0 Å². The Hall–Kier alpha value is -0.870. The molecule has 0 aliphatic heterocycles. The molecule has 1 heterocycles. The third-order valence-corrected chi connectivity index (χ3v) is 4.96. The van der Waals surface area contributed by atoms with E-state index >= 15 is 0 Å². The van der Waals surface area contributed by atoms with Gasteiger partial charge in [-0.15, -0.1) is 0 Å². The van der Waals surface area contributed by atoms with Crippen LogP contribution in [0.5, 0.6) is 0 Å². The van der Waals surface area contributed by atoms with Crippen molar-refractivity contribution in [2.75, 3.05) is 21.1 Å². The molecule has 0 bridgehead atoms. The van der Waals surface area contributed by atoms with Gasteiger partial charge in [-0.2, -0.15) is 5.10 Å². The average Bonchev–Trinajstić information content (AvgIpc) is 2.91. The summed E-state index contributed by atoms with van der Waals surface area (Å²) in [5.41, 5.74) is 1.31. The maximum Gasteiger partial charge on any atom is 0.0640 e. The predicted octanol–water partition coefficient (Wildman–Crippen LogP) is 2.71. The summed E-state index contributed by atoms with van der Waals surface area (Å²) in [5.74, 6) is 0. The van der Waals surface area contributed by atoms with E-state index in [1.165, 1.54) is 5.69 Å². The fraction of sp³-hybridized carbons (Fsp3) is 0.812. The Morgan fingerprint density at radius 1 is 1.40 bits per heavy atom. The molecule has 0 fully saturated rings. The lowest BCUT2D eigenvalue weighted by Gasteiger charge is -2.42. The first-order valence-corrected chi connectivity index (χ1v) is 7.77. The van der Waals surface area contributed by atoms with Crippen LogP contribution in [0.3, 0.4) is 0 Å². The SMILES string of the molecule is CCC(C)n1ccc(CC(NC)C(C)(CC)N(C)C)n1. The van der Waals surface area contributed by atoms with Crippen LogP contribution in [0.15, 0.2) is 12.3 Å². The Morgan fingerprint density at radius 3 is 2.50 bits per heavy atom. The molecule has 1 aromatic rings. The third-order valence-electron chi connectivity index (χ3n) is 4.96. The molecule has 4 heteroatoms. The van der Waals surface area contributed by atoms with Crippen molar-refractivity contribution in [2.45, 2.75) is 64.6 Å². The number of hydrogen-bond acceptors (Lipinski definition) is 3. The van der Waals surface area contributed by atoms with E-state index in [1.807, 2.05) is 7.05 Å². The largest absolute Gasteiger partial charge is 0.315 e. The van der Waals surface area contributed by atoms with Crippen molar-refractivity contribution >= 4 is 0 Å². The summed E-state index contributed by atoms with van der Waals surface area (Å²) in [5, 5.41) is 8.22. The highest BCUT2D eigenvalue weighted by atomic mass is 15.3. The van der Waals surface area contributed by atoms with Gasteiger partial charge in [0.25, 0.3) is 0 Å². The van der Waals surface area contributed by atoms with Crippen LogP contribution < -0.4 is 5.32 Å². The van der Waals surface area contributed by atoms with Crippen molar-refractivity contribution in [3.63, 3.8) is 0 Å². The molecular weight excluding hydrogens is 248 g/mol. The first-order chi connectivity index (χ1) is 9.38. The Bertz CT molecular complexity index is 399. The van der Waals surface area contributed by atoms with Crippen molar-refractivity contribution in [2.24, 2.45) is 0 Å². The van der Waals surface area contributed by atoms with Gasteiger partial charge in [0.2, 0.25) is 0 Å². The van der Waals surface area contributed by atoms with Crippen molar-refractivity contribution in [1.29, 1.82) is 0 Å². The smallest absolute Gasteiger partial charge is 0.0640 e. The van der Waals surface area contributed by atoms with E-state index in [9.17, 15) is 0 Å². The number of hydrogen-bond donors (Lipinski definition) is 1. The van der Waals surface area contributed by atoms with E-state index in [0.717, 1.165) is 19.3 Å². The van der Waals surface area contributed by atoms with Crippen molar-refractivity contribution in [3.8, 4) is 0 Å². The van der Waals surface area contributed by atoms with Gasteiger partial charge in [-0.3, -0.25) is 4.68 Å². The number of likely N-dealkylation sites (N-methyl/N-ethyl adjacent to an activating group) is 2. The number of nitrogens with one attached hydrogen (secondary N) is 1. The van der Waals surface area contributed by atoms with Gasteiger partial charge in [0, 0.05) is 30.2 Å². The highest BCUT2D eigenvalue weighted by Crippen LogP contribution is 2.23. The molecule has 1 rings (SSSR count). The highest BCUT2D eigenvalue weighted by molar-refractivity contribution is 5.07. The zero-order valence-electron chi connectivity index (χ0n) is 14.3. The van der Waals surface area contributed by atoms with Gasteiger partial charge in [-0.1, -0.05) is 13.8 Å². The monoisotopic (exact) mass is 280 g/mol. The molecule has 0 radical (unpaired) electrons. The summed E-state index contributed by atoms with van der Waals surface area (Å²) < 4.78 is 2.08. The molecule has 1 aromatic heterocycles. The fourth-order valence-corrected chi connectivity index (χ4v) is 2.64. The minimum atomic E-state index is 0.134. The predicted molar refractivity (Wildman–Crippen MR) is 86.2 cm³/mol. The first kappa shape index (κ1) is 17.2. The fourth-order valence-electron chi connectivity index (χ4n) is 2.64.